The van der Waals surface area contributed by atoms with E-state index in [9.17, 15) is 14.7 Å². The van der Waals surface area contributed by atoms with Gasteiger partial charge < -0.3 is 10.4 Å². The van der Waals surface area contributed by atoms with E-state index in [-0.39, 0.29) is 29.9 Å². The molecule has 1 atom stereocenters. The second-order valence-electron chi connectivity index (χ2n) is 5.56. The van der Waals surface area contributed by atoms with Gasteiger partial charge in [0.2, 0.25) is 11.9 Å². The maximum absolute atomic E-state index is 12.0. The average molecular weight is 351 g/mol. The highest BCUT2D eigenvalue weighted by molar-refractivity contribution is 6.07. The first-order chi connectivity index (χ1) is 12.6. The van der Waals surface area contributed by atoms with Gasteiger partial charge in [-0.05, 0) is 42.0 Å². The first-order valence-corrected chi connectivity index (χ1v) is 7.92. The van der Waals surface area contributed by atoms with Crippen molar-refractivity contribution in [1.29, 1.82) is 0 Å². The number of nitrogens with zero attached hydrogens (tertiary/aromatic N) is 2. The van der Waals surface area contributed by atoms with Gasteiger partial charge in [-0.15, -0.1) is 0 Å². The van der Waals surface area contributed by atoms with Gasteiger partial charge in [0.15, 0.2) is 0 Å². The van der Waals surface area contributed by atoms with Crippen molar-refractivity contribution in [3.8, 4) is 5.75 Å². The fourth-order valence-electron chi connectivity index (χ4n) is 2.28. The monoisotopic (exact) mass is 351 g/mol. The van der Waals surface area contributed by atoms with Gasteiger partial charge in [0.05, 0.1) is 12.6 Å². The van der Waals surface area contributed by atoms with E-state index in [2.05, 4.69) is 26.2 Å². The Morgan fingerprint density at radius 1 is 1.19 bits per heavy atom. The van der Waals surface area contributed by atoms with Gasteiger partial charge in [0.1, 0.15) is 11.8 Å². The molecule has 0 spiro atoms. The number of hydrazone groups is 1. The number of para-hydroxylation sites is 1. The summed E-state index contributed by atoms with van der Waals surface area (Å²) in [4.78, 5) is 28.1. The van der Waals surface area contributed by atoms with Crippen molar-refractivity contribution in [3.05, 3.63) is 60.2 Å². The van der Waals surface area contributed by atoms with Crippen LogP contribution >= 0.6 is 0 Å². The van der Waals surface area contributed by atoms with Crippen LogP contribution in [0.2, 0.25) is 0 Å². The molecule has 2 aromatic rings. The molecule has 2 aromatic carbocycles. The number of hydrogen-bond donors (Lipinski definition) is 4. The molecule has 8 heteroatoms. The Kier molecular flexibility index (Phi) is 5.23. The molecule has 1 aliphatic rings. The minimum absolute atomic E-state index is 0.0619. The number of amides is 2. The Labute approximate surface area is 149 Å². The fourth-order valence-corrected chi connectivity index (χ4v) is 2.28. The zero-order chi connectivity index (χ0) is 18.4. The molecule has 0 aliphatic carbocycles. The zero-order valence-electron chi connectivity index (χ0n) is 13.7. The third-order valence-corrected chi connectivity index (χ3v) is 3.54. The van der Waals surface area contributed by atoms with E-state index in [1.54, 1.807) is 24.3 Å². The molecule has 8 nitrogen and oxygen atoms in total. The molecular formula is C18H17N5O3. The number of carbonyl (C=O) groups excluding carboxylic acids is 2. The highest BCUT2D eigenvalue weighted by Gasteiger charge is 2.28. The smallest absolute Gasteiger partial charge is 0.252 e. The highest BCUT2D eigenvalue weighted by Crippen LogP contribution is 2.10. The SMILES string of the molecule is O=C(C[C@H]1N=C(N/N=C\c2ccc(O)cc2)NC1=O)Nc1ccccc1. The van der Waals surface area contributed by atoms with E-state index in [0.717, 1.165) is 5.56 Å². The van der Waals surface area contributed by atoms with Gasteiger partial charge in [-0.2, -0.15) is 5.10 Å². The molecular weight excluding hydrogens is 334 g/mol. The number of benzene rings is 2. The molecule has 2 amide bonds. The number of aliphatic imine (C=N–C) groups is 1. The van der Waals surface area contributed by atoms with Gasteiger partial charge in [0, 0.05) is 5.69 Å². The van der Waals surface area contributed by atoms with E-state index in [1.807, 2.05) is 18.2 Å². The quantitative estimate of drug-likeness (QED) is 0.478. The zero-order valence-corrected chi connectivity index (χ0v) is 13.7. The molecule has 0 aromatic heterocycles. The van der Waals surface area contributed by atoms with Gasteiger partial charge in [-0.1, -0.05) is 18.2 Å². The maximum atomic E-state index is 12.0. The summed E-state index contributed by atoms with van der Waals surface area (Å²) in [6.45, 7) is 0. The molecule has 1 aliphatic heterocycles. The first kappa shape index (κ1) is 17.2. The van der Waals surface area contributed by atoms with Crippen molar-refractivity contribution in [2.45, 2.75) is 12.5 Å². The molecule has 0 unspecified atom stereocenters. The van der Waals surface area contributed by atoms with Crippen LogP contribution in [-0.4, -0.2) is 35.1 Å². The molecule has 132 valence electrons. The minimum Gasteiger partial charge on any atom is -0.508 e. The molecule has 26 heavy (non-hydrogen) atoms. The predicted octanol–water partition coefficient (Wildman–Crippen LogP) is 1.20. The topological polar surface area (TPSA) is 115 Å². The van der Waals surface area contributed by atoms with Gasteiger partial charge in [-0.3, -0.25) is 14.9 Å². The van der Waals surface area contributed by atoms with Crippen LogP contribution < -0.4 is 16.1 Å². The summed E-state index contributed by atoms with van der Waals surface area (Å²) in [6, 6.07) is 14.6. The lowest BCUT2D eigenvalue weighted by molar-refractivity contribution is -0.123. The summed E-state index contributed by atoms with van der Waals surface area (Å²) in [6.07, 6.45) is 1.46. The first-order valence-electron chi connectivity index (χ1n) is 7.92. The van der Waals surface area contributed by atoms with E-state index in [1.165, 1.54) is 18.3 Å². The van der Waals surface area contributed by atoms with E-state index < -0.39 is 6.04 Å². The second-order valence-corrected chi connectivity index (χ2v) is 5.56. The van der Waals surface area contributed by atoms with E-state index in [4.69, 9.17) is 0 Å². The molecule has 0 saturated carbocycles. The molecule has 0 bridgehead atoms. The van der Waals surface area contributed by atoms with Crippen LogP contribution in [0.1, 0.15) is 12.0 Å². The summed E-state index contributed by atoms with van der Waals surface area (Å²) >= 11 is 0. The maximum Gasteiger partial charge on any atom is 0.252 e. The molecule has 0 fully saturated rings. The summed E-state index contributed by atoms with van der Waals surface area (Å²) in [5.74, 6) is -0.314. The van der Waals surface area contributed by atoms with Crippen LogP contribution in [0.15, 0.2) is 64.7 Å². The summed E-state index contributed by atoms with van der Waals surface area (Å²) in [5, 5.41) is 18.4. The Morgan fingerprint density at radius 2 is 1.92 bits per heavy atom. The van der Waals surface area contributed by atoms with Crippen LogP contribution in [-0.2, 0) is 9.59 Å². The normalized spacial score (nSPS) is 16.2. The Hall–Kier alpha value is -3.68. The standard InChI is InChI=1S/C18H17N5O3/c24-14-8-6-12(7-9-14)11-19-23-18-21-15(17(26)22-18)10-16(25)20-13-4-2-1-3-5-13/h1-9,11,15,24H,10H2,(H,20,25)(H2,21,22,23,26)/b19-11-/t15-/m1/s1. The average Bonchev–Trinajstić information content (AvgIpc) is 2.97. The Balaban J connectivity index is 1.53. The van der Waals surface area contributed by atoms with Crippen LogP contribution in [0, 0.1) is 0 Å². The highest BCUT2D eigenvalue weighted by atomic mass is 16.3. The van der Waals surface area contributed by atoms with Gasteiger partial charge in [0.25, 0.3) is 5.91 Å². The molecule has 0 saturated heterocycles. The Bertz CT molecular complexity index is 847. The van der Waals surface area contributed by atoms with Crippen LogP contribution in [0.3, 0.4) is 0 Å². The van der Waals surface area contributed by atoms with Crippen molar-refractivity contribution in [2.24, 2.45) is 10.1 Å². The molecule has 3 rings (SSSR count). The third kappa shape index (κ3) is 4.67. The summed E-state index contributed by atoms with van der Waals surface area (Å²) < 4.78 is 0. The number of aromatic hydroxyl groups is 1. The van der Waals surface area contributed by atoms with Crippen LogP contribution in [0.5, 0.6) is 5.75 Å². The van der Waals surface area contributed by atoms with Crippen molar-refractivity contribution in [1.82, 2.24) is 10.7 Å². The number of anilines is 1. The number of phenolic OH excluding ortho intramolecular Hbond substituents is 1. The molecule has 0 radical (unpaired) electrons. The van der Waals surface area contributed by atoms with Crippen molar-refractivity contribution >= 4 is 29.7 Å². The lowest BCUT2D eigenvalue weighted by atomic mass is 10.2. The van der Waals surface area contributed by atoms with Gasteiger partial charge >= 0.3 is 0 Å². The number of guanidine groups is 1. The summed E-state index contributed by atoms with van der Waals surface area (Å²) in [7, 11) is 0. The van der Waals surface area contributed by atoms with Gasteiger partial charge in [-0.25, -0.2) is 10.4 Å². The lowest BCUT2D eigenvalue weighted by Crippen LogP contribution is -2.35. The predicted molar refractivity (Wildman–Crippen MR) is 97.9 cm³/mol. The fraction of sp³-hybridized carbons (Fsp3) is 0.111. The number of carbonyl (C=O) groups is 2. The second kappa shape index (κ2) is 7.93. The van der Waals surface area contributed by atoms with Crippen molar-refractivity contribution in [3.63, 3.8) is 0 Å². The minimum atomic E-state index is -0.801. The van der Waals surface area contributed by atoms with Crippen molar-refractivity contribution in [2.75, 3.05) is 5.32 Å². The Morgan fingerprint density at radius 3 is 2.65 bits per heavy atom. The van der Waals surface area contributed by atoms with Crippen molar-refractivity contribution < 1.29 is 14.7 Å². The van der Waals surface area contributed by atoms with Crippen LogP contribution in [0.4, 0.5) is 5.69 Å². The van der Waals surface area contributed by atoms with E-state index in [0.29, 0.717) is 5.69 Å². The number of phenols is 1. The molecule has 4 N–H and O–H groups in total. The number of nitrogens with one attached hydrogen (secondary N) is 3. The number of rotatable bonds is 5. The summed E-state index contributed by atoms with van der Waals surface area (Å²) in [5.41, 5.74) is 4.05. The molecule has 1 heterocycles. The lowest BCUT2D eigenvalue weighted by Gasteiger charge is -2.06. The number of hydrogen-bond acceptors (Lipinski definition) is 6. The van der Waals surface area contributed by atoms with E-state index >= 15 is 0 Å². The largest absolute Gasteiger partial charge is 0.508 e. The third-order valence-electron chi connectivity index (χ3n) is 3.54. The van der Waals surface area contributed by atoms with Crippen LogP contribution in [0.25, 0.3) is 0 Å².